The van der Waals surface area contributed by atoms with Crippen LogP contribution in [0.4, 0.5) is 10.1 Å². The number of benzene rings is 2. The molecular formula is C24H26FN3OS. The number of pyridine rings is 1. The molecule has 2 N–H and O–H groups in total. The van der Waals surface area contributed by atoms with Gasteiger partial charge in [0.15, 0.2) is 5.11 Å². The fourth-order valence-corrected chi connectivity index (χ4v) is 4.56. The number of rotatable bonds is 4. The highest BCUT2D eigenvalue weighted by Crippen LogP contribution is 2.27. The Hall–Kier alpha value is -2.73. The minimum Gasteiger partial charge on any atom is -0.342 e. The molecule has 0 saturated heterocycles. The standard InChI is InChI=1S/C24H26FN3OS/c1-15-7-8-16(2)22-21(15)13-17(23(29)27-22)14-28(20-5-3-4-6-20)24(30)26-19-11-9-18(25)10-12-19/h7-13,20H,3-6,14H2,1-2H3,(H,26,30)(H,27,29). The summed E-state index contributed by atoms with van der Waals surface area (Å²) in [7, 11) is 0. The quantitative estimate of drug-likeness (QED) is 0.550. The Morgan fingerprint density at radius 1 is 1.13 bits per heavy atom. The van der Waals surface area contributed by atoms with Crippen LogP contribution < -0.4 is 10.9 Å². The van der Waals surface area contributed by atoms with Gasteiger partial charge in [-0.2, -0.15) is 0 Å². The van der Waals surface area contributed by atoms with Crippen molar-refractivity contribution in [1.82, 2.24) is 9.88 Å². The molecule has 0 atom stereocenters. The van der Waals surface area contributed by atoms with Gasteiger partial charge in [-0.25, -0.2) is 4.39 Å². The summed E-state index contributed by atoms with van der Waals surface area (Å²) in [6.45, 7) is 4.50. The van der Waals surface area contributed by atoms with Crippen LogP contribution in [-0.2, 0) is 6.54 Å². The van der Waals surface area contributed by atoms with Gasteiger partial charge in [-0.1, -0.05) is 25.0 Å². The van der Waals surface area contributed by atoms with Crippen LogP contribution in [0.1, 0.15) is 42.4 Å². The van der Waals surface area contributed by atoms with Crippen LogP contribution in [0.25, 0.3) is 10.9 Å². The van der Waals surface area contributed by atoms with Crippen molar-refractivity contribution in [2.24, 2.45) is 0 Å². The Morgan fingerprint density at radius 3 is 2.50 bits per heavy atom. The monoisotopic (exact) mass is 423 g/mol. The molecule has 1 aliphatic carbocycles. The summed E-state index contributed by atoms with van der Waals surface area (Å²) >= 11 is 5.72. The Morgan fingerprint density at radius 2 is 1.80 bits per heavy atom. The highest BCUT2D eigenvalue weighted by atomic mass is 32.1. The molecule has 0 aliphatic heterocycles. The van der Waals surface area contributed by atoms with Crippen LogP contribution in [0.15, 0.2) is 47.3 Å². The smallest absolute Gasteiger partial charge is 0.253 e. The van der Waals surface area contributed by atoms with Gasteiger partial charge in [0.1, 0.15) is 5.82 Å². The summed E-state index contributed by atoms with van der Waals surface area (Å²) < 4.78 is 13.2. The second-order valence-corrected chi connectivity index (χ2v) is 8.50. The minimum absolute atomic E-state index is 0.0798. The normalized spacial score (nSPS) is 14.2. The van der Waals surface area contributed by atoms with E-state index in [1.807, 2.05) is 19.1 Å². The van der Waals surface area contributed by atoms with Crippen LogP contribution >= 0.6 is 12.2 Å². The van der Waals surface area contributed by atoms with Crippen LogP contribution in [0.5, 0.6) is 0 Å². The van der Waals surface area contributed by atoms with Gasteiger partial charge in [0.2, 0.25) is 0 Å². The van der Waals surface area contributed by atoms with E-state index in [1.54, 1.807) is 12.1 Å². The number of hydrogen-bond donors (Lipinski definition) is 2. The Labute approximate surface area is 181 Å². The number of H-pyrrole nitrogens is 1. The molecule has 0 unspecified atom stereocenters. The number of thiocarbonyl (C=S) groups is 1. The largest absolute Gasteiger partial charge is 0.342 e. The number of aromatic nitrogens is 1. The molecule has 1 aromatic heterocycles. The summed E-state index contributed by atoms with van der Waals surface area (Å²) in [4.78, 5) is 18.1. The van der Waals surface area contributed by atoms with Crippen molar-refractivity contribution in [3.63, 3.8) is 0 Å². The van der Waals surface area contributed by atoms with Gasteiger partial charge < -0.3 is 15.2 Å². The zero-order chi connectivity index (χ0) is 21.3. The summed E-state index contributed by atoms with van der Waals surface area (Å²) in [5, 5.41) is 4.85. The SMILES string of the molecule is Cc1ccc(C)c2[nH]c(=O)c(CN(C(=S)Nc3ccc(F)cc3)C3CCCC3)cc12. The second-order valence-electron chi connectivity index (χ2n) is 8.11. The van der Waals surface area contributed by atoms with Crippen LogP contribution in [-0.4, -0.2) is 21.0 Å². The van der Waals surface area contributed by atoms with Gasteiger partial charge in [-0.3, -0.25) is 4.79 Å². The number of nitrogens with zero attached hydrogens (tertiary/aromatic N) is 1. The molecule has 6 heteroatoms. The van der Waals surface area contributed by atoms with E-state index in [0.29, 0.717) is 23.3 Å². The van der Waals surface area contributed by atoms with E-state index in [2.05, 4.69) is 28.2 Å². The van der Waals surface area contributed by atoms with Crippen molar-refractivity contribution in [3.8, 4) is 0 Å². The van der Waals surface area contributed by atoms with Crippen molar-refractivity contribution in [2.75, 3.05) is 5.32 Å². The van der Waals surface area contributed by atoms with Crippen molar-refractivity contribution in [1.29, 1.82) is 0 Å². The fraction of sp³-hybridized carbons (Fsp3) is 0.333. The maximum Gasteiger partial charge on any atom is 0.253 e. The van der Waals surface area contributed by atoms with Gasteiger partial charge in [0, 0.05) is 22.7 Å². The molecule has 0 amide bonds. The first kappa shape index (κ1) is 20.5. The number of aromatic amines is 1. The molecule has 0 bridgehead atoms. The van der Waals surface area contributed by atoms with E-state index in [1.165, 1.54) is 12.1 Å². The van der Waals surface area contributed by atoms with E-state index >= 15 is 0 Å². The Kier molecular flexibility index (Phi) is 5.86. The molecular weight excluding hydrogens is 397 g/mol. The van der Waals surface area contributed by atoms with E-state index in [-0.39, 0.29) is 11.4 Å². The predicted molar refractivity (Wildman–Crippen MR) is 124 cm³/mol. The zero-order valence-corrected chi connectivity index (χ0v) is 18.1. The number of nitrogens with one attached hydrogen (secondary N) is 2. The summed E-state index contributed by atoms with van der Waals surface area (Å²) in [5.41, 5.74) is 4.44. The van der Waals surface area contributed by atoms with Crippen LogP contribution in [0.3, 0.4) is 0 Å². The summed E-state index contributed by atoms with van der Waals surface area (Å²) in [6.07, 6.45) is 4.42. The molecule has 4 nitrogen and oxygen atoms in total. The van der Waals surface area contributed by atoms with E-state index in [4.69, 9.17) is 12.2 Å². The van der Waals surface area contributed by atoms with Gasteiger partial charge in [-0.05, 0) is 80.4 Å². The molecule has 1 aliphatic rings. The molecule has 2 aromatic carbocycles. The number of hydrogen-bond acceptors (Lipinski definition) is 2. The molecule has 0 radical (unpaired) electrons. The van der Waals surface area contributed by atoms with Gasteiger partial charge in [-0.15, -0.1) is 0 Å². The van der Waals surface area contributed by atoms with Gasteiger partial charge in [0.25, 0.3) is 5.56 Å². The van der Waals surface area contributed by atoms with Crippen LogP contribution in [0, 0.1) is 19.7 Å². The highest BCUT2D eigenvalue weighted by Gasteiger charge is 2.26. The van der Waals surface area contributed by atoms with Crippen molar-refractivity contribution in [3.05, 3.63) is 75.3 Å². The van der Waals surface area contributed by atoms with Crippen molar-refractivity contribution in [2.45, 2.75) is 52.1 Å². The molecule has 1 fully saturated rings. The number of halogens is 1. The highest BCUT2D eigenvalue weighted by molar-refractivity contribution is 7.80. The van der Waals surface area contributed by atoms with Gasteiger partial charge in [0.05, 0.1) is 12.1 Å². The number of anilines is 1. The number of fused-ring (bicyclic) bond motifs is 1. The molecule has 4 rings (SSSR count). The lowest BCUT2D eigenvalue weighted by Crippen LogP contribution is -2.42. The zero-order valence-electron chi connectivity index (χ0n) is 17.3. The maximum absolute atomic E-state index is 13.2. The summed E-state index contributed by atoms with van der Waals surface area (Å²) in [5.74, 6) is -0.285. The predicted octanol–water partition coefficient (Wildman–Crippen LogP) is 5.43. The Bertz CT molecular complexity index is 1130. The average molecular weight is 424 g/mol. The molecule has 3 aromatic rings. The van der Waals surface area contributed by atoms with Crippen molar-refractivity contribution >= 4 is 33.9 Å². The summed E-state index contributed by atoms with van der Waals surface area (Å²) in [6, 6.07) is 12.5. The molecule has 1 saturated carbocycles. The molecule has 0 spiro atoms. The lowest BCUT2D eigenvalue weighted by atomic mass is 10.0. The molecule has 156 valence electrons. The first-order valence-electron chi connectivity index (χ1n) is 10.4. The third-order valence-corrected chi connectivity index (χ3v) is 6.32. The molecule has 1 heterocycles. The third-order valence-electron chi connectivity index (χ3n) is 5.98. The maximum atomic E-state index is 13.2. The molecule has 30 heavy (non-hydrogen) atoms. The minimum atomic E-state index is -0.285. The topological polar surface area (TPSA) is 48.1 Å². The van der Waals surface area contributed by atoms with Gasteiger partial charge >= 0.3 is 0 Å². The third kappa shape index (κ3) is 4.24. The number of aryl methyl sites for hydroxylation is 2. The van der Waals surface area contributed by atoms with E-state index in [0.717, 1.165) is 53.4 Å². The lowest BCUT2D eigenvalue weighted by molar-refractivity contribution is 0.311. The average Bonchev–Trinajstić information content (AvgIpc) is 3.25. The lowest BCUT2D eigenvalue weighted by Gasteiger charge is -2.31. The van der Waals surface area contributed by atoms with E-state index in [9.17, 15) is 9.18 Å². The first-order chi connectivity index (χ1) is 14.4. The van der Waals surface area contributed by atoms with Crippen molar-refractivity contribution < 1.29 is 4.39 Å². The fourth-order valence-electron chi connectivity index (χ4n) is 4.23. The van der Waals surface area contributed by atoms with Crippen LogP contribution in [0.2, 0.25) is 0 Å². The Balaban J connectivity index is 1.66. The first-order valence-corrected chi connectivity index (χ1v) is 10.8. The van der Waals surface area contributed by atoms with E-state index < -0.39 is 0 Å². The second kappa shape index (κ2) is 8.56.